The summed E-state index contributed by atoms with van der Waals surface area (Å²) in [5.41, 5.74) is 3.42. The number of anilines is 1. The Balaban J connectivity index is 1.69. The van der Waals surface area contributed by atoms with E-state index in [0.717, 1.165) is 16.6 Å². The van der Waals surface area contributed by atoms with Gasteiger partial charge >= 0.3 is 0 Å². The molecule has 0 radical (unpaired) electrons. The molecule has 7 heteroatoms. The van der Waals surface area contributed by atoms with Crippen LogP contribution in [0.2, 0.25) is 0 Å². The van der Waals surface area contributed by atoms with E-state index in [9.17, 15) is 4.79 Å². The molecule has 1 aliphatic heterocycles. The van der Waals surface area contributed by atoms with Gasteiger partial charge in [-0.2, -0.15) is 4.89 Å². The van der Waals surface area contributed by atoms with Crippen molar-refractivity contribution in [3.8, 4) is 11.5 Å². The average molecular weight is 374 g/mol. The van der Waals surface area contributed by atoms with Gasteiger partial charge in [-0.25, -0.2) is 4.98 Å². The van der Waals surface area contributed by atoms with Crippen LogP contribution in [0.4, 0.5) is 5.69 Å². The van der Waals surface area contributed by atoms with Crippen molar-refractivity contribution in [2.24, 2.45) is 0 Å². The maximum atomic E-state index is 12.4. The van der Waals surface area contributed by atoms with Crippen LogP contribution in [0.25, 0.3) is 33.3 Å². The number of fused-ring (bicyclic) bond motifs is 4. The second-order valence-electron chi connectivity index (χ2n) is 6.66. The van der Waals surface area contributed by atoms with Gasteiger partial charge in [0.25, 0.3) is 0 Å². The first-order chi connectivity index (χ1) is 13.5. The zero-order valence-electron chi connectivity index (χ0n) is 15.8. The molecule has 0 saturated heterocycles. The smallest absolute Gasteiger partial charge is 0.190 e. The fraction of sp³-hybridized carbons (Fsp3) is 0.143. The van der Waals surface area contributed by atoms with Crippen LogP contribution in [-0.4, -0.2) is 33.0 Å². The van der Waals surface area contributed by atoms with Crippen molar-refractivity contribution >= 4 is 35.4 Å². The Kier molecular flexibility index (Phi) is 4.75. The standard InChI is InChI=1S/C21H19BN2O4/c1-13(22)28-26-10-9-24(2)14-7-8-17-19(11-14)27-20-12-18(25)15-5-3-4-6-16(15)21(20)23-17/h3-8,11-12H,1,9-10,22H2,2H3. The third kappa shape index (κ3) is 3.44. The molecule has 0 spiro atoms. The first-order valence-corrected chi connectivity index (χ1v) is 8.95. The molecular formula is C21H19BN2O4. The highest BCUT2D eigenvalue weighted by molar-refractivity contribution is 6.19. The monoisotopic (exact) mass is 374 g/mol. The van der Waals surface area contributed by atoms with E-state index in [2.05, 4.69) is 6.58 Å². The molecular weight excluding hydrogens is 355 g/mol. The summed E-state index contributed by atoms with van der Waals surface area (Å²) >= 11 is 0. The lowest BCUT2D eigenvalue weighted by atomic mass is 10.0. The van der Waals surface area contributed by atoms with Crippen LogP contribution in [0.3, 0.4) is 0 Å². The molecule has 0 aromatic heterocycles. The summed E-state index contributed by atoms with van der Waals surface area (Å²) in [5, 5.41) is 1.44. The molecule has 0 N–H and O–H groups in total. The van der Waals surface area contributed by atoms with E-state index >= 15 is 0 Å². The van der Waals surface area contributed by atoms with Gasteiger partial charge in [-0.3, -0.25) is 4.79 Å². The molecule has 0 atom stereocenters. The van der Waals surface area contributed by atoms with Crippen molar-refractivity contribution in [3.05, 3.63) is 71.0 Å². The fourth-order valence-electron chi connectivity index (χ4n) is 3.09. The zero-order chi connectivity index (χ0) is 19.7. The second-order valence-corrected chi connectivity index (χ2v) is 6.66. The van der Waals surface area contributed by atoms with Crippen LogP contribution in [0, 0.1) is 0 Å². The third-order valence-electron chi connectivity index (χ3n) is 4.49. The highest BCUT2D eigenvalue weighted by atomic mass is 17.2. The lowest BCUT2D eigenvalue weighted by Gasteiger charge is -2.19. The lowest BCUT2D eigenvalue weighted by Crippen LogP contribution is -2.22. The summed E-state index contributed by atoms with van der Waals surface area (Å²) in [6.45, 7) is 4.62. The van der Waals surface area contributed by atoms with E-state index in [-0.39, 0.29) is 5.43 Å². The summed E-state index contributed by atoms with van der Waals surface area (Å²) < 4.78 is 6.03. The van der Waals surface area contributed by atoms with Crippen molar-refractivity contribution in [2.45, 2.75) is 0 Å². The van der Waals surface area contributed by atoms with Crippen LogP contribution in [-0.2, 0) is 9.78 Å². The lowest BCUT2D eigenvalue weighted by molar-refractivity contribution is -0.251. The van der Waals surface area contributed by atoms with Crippen molar-refractivity contribution in [1.29, 1.82) is 0 Å². The van der Waals surface area contributed by atoms with Crippen LogP contribution in [0.1, 0.15) is 0 Å². The number of nitrogens with zero attached hydrogens (tertiary/aromatic N) is 2. The summed E-state index contributed by atoms with van der Waals surface area (Å²) in [7, 11) is 3.67. The summed E-state index contributed by atoms with van der Waals surface area (Å²) in [6, 6.07) is 14.7. The van der Waals surface area contributed by atoms with E-state index < -0.39 is 0 Å². The highest BCUT2D eigenvalue weighted by Gasteiger charge is 2.15. The number of aromatic nitrogens is 1. The van der Waals surface area contributed by atoms with Crippen LogP contribution in [0.15, 0.2) is 70.0 Å². The number of benzene rings is 3. The van der Waals surface area contributed by atoms with Gasteiger partial charge < -0.3 is 14.2 Å². The Bertz CT molecular complexity index is 1200. The van der Waals surface area contributed by atoms with Gasteiger partial charge in [-0.15, -0.1) is 0 Å². The van der Waals surface area contributed by atoms with E-state index in [4.69, 9.17) is 19.2 Å². The van der Waals surface area contributed by atoms with E-state index in [1.807, 2.05) is 48.3 Å². The van der Waals surface area contributed by atoms with E-state index in [0.29, 0.717) is 41.2 Å². The molecule has 0 unspecified atom stereocenters. The van der Waals surface area contributed by atoms with Crippen LogP contribution in [0.5, 0.6) is 0 Å². The number of likely N-dealkylation sites (N-methyl/N-ethyl adjacent to an activating group) is 1. The SMILES string of the molecule is BC(=C)OOCCN(C)c1ccc2nc3c4ccccc4c(=O)cc-3oc2c1. The maximum absolute atomic E-state index is 12.4. The van der Waals surface area contributed by atoms with Crippen LogP contribution >= 0.6 is 0 Å². The van der Waals surface area contributed by atoms with Gasteiger partial charge in [0.2, 0.25) is 0 Å². The normalized spacial score (nSPS) is 11.2. The molecule has 0 fully saturated rings. The van der Waals surface area contributed by atoms with Gasteiger partial charge in [0.1, 0.15) is 17.8 Å². The largest absolute Gasteiger partial charge is 0.453 e. The van der Waals surface area contributed by atoms with Gasteiger partial charge in [0, 0.05) is 42.2 Å². The number of hydrogen-bond acceptors (Lipinski definition) is 6. The predicted octanol–water partition coefficient (Wildman–Crippen LogP) is 2.93. The van der Waals surface area contributed by atoms with Crippen molar-refractivity contribution in [3.63, 3.8) is 0 Å². The zero-order valence-corrected chi connectivity index (χ0v) is 15.8. The predicted molar refractivity (Wildman–Crippen MR) is 112 cm³/mol. The molecule has 2 aromatic rings. The minimum Gasteiger partial charge on any atom is -0.453 e. The van der Waals surface area contributed by atoms with E-state index in [1.165, 1.54) is 6.07 Å². The van der Waals surface area contributed by atoms with Gasteiger partial charge in [0.05, 0.1) is 5.66 Å². The Hall–Kier alpha value is -3.32. The quantitative estimate of drug-likeness (QED) is 0.0984. The second kappa shape index (κ2) is 7.36. The molecule has 4 rings (SSSR count). The van der Waals surface area contributed by atoms with Crippen molar-refractivity contribution < 1.29 is 14.2 Å². The average Bonchev–Trinajstić information content (AvgIpc) is 2.69. The molecule has 140 valence electrons. The molecule has 1 heterocycles. The van der Waals surface area contributed by atoms with Gasteiger partial charge in [-0.1, -0.05) is 30.8 Å². The molecule has 2 aromatic carbocycles. The van der Waals surface area contributed by atoms with Crippen molar-refractivity contribution in [2.75, 3.05) is 25.1 Å². The highest BCUT2D eigenvalue weighted by Crippen LogP contribution is 2.31. The Morgan fingerprint density at radius 2 is 2.00 bits per heavy atom. The third-order valence-corrected chi connectivity index (χ3v) is 4.49. The molecule has 0 bridgehead atoms. The maximum Gasteiger partial charge on any atom is 0.190 e. The molecule has 0 saturated carbocycles. The summed E-state index contributed by atoms with van der Waals surface area (Å²) in [4.78, 5) is 29.1. The Morgan fingerprint density at radius 3 is 2.79 bits per heavy atom. The van der Waals surface area contributed by atoms with E-state index in [1.54, 1.807) is 13.9 Å². The summed E-state index contributed by atoms with van der Waals surface area (Å²) in [5.74, 6) is 0.481. The summed E-state index contributed by atoms with van der Waals surface area (Å²) in [6.07, 6.45) is 0. The number of hydrogen-bond donors (Lipinski definition) is 0. The Morgan fingerprint density at radius 1 is 1.21 bits per heavy atom. The molecule has 2 aliphatic rings. The minimum atomic E-state index is -0.0732. The first-order valence-electron chi connectivity index (χ1n) is 8.95. The molecule has 28 heavy (non-hydrogen) atoms. The molecule has 0 amide bonds. The fourth-order valence-corrected chi connectivity index (χ4v) is 3.09. The molecule has 6 nitrogen and oxygen atoms in total. The number of rotatable bonds is 6. The minimum absolute atomic E-state index is 0.0732. The molecule has 1 aliphatic carbocycles. The van der Waals surface area contributed by atoms with Crippen molar-refractivity contribution in [1.82, 2.24) is 4.98 Å². The van der Waals surface area contributed by atoms with Crippen LogP contribution < -0.4 is 10.3 Å². The topological polar surface area (TPSA) is 64.8 Å². The first kappa shape index (κ1) is 18.1. The Labute approximate surface area is 162 Å². The van der Waals surface area contributed by atoms with Gasteiger partial charge in [0.15, 0.2) is 24.6 Å². The van der Waals surface area contributed by atoms with Gasteiger partial charge in [-0.05, 0) is 12.1 Å².